The topological polar surface area (TPSA) is 64.6 Å². The normalized spacial score (nSPS) is 40.2. The molecule has 0 heterocycles. The molecule has 0 aliphatic heterocycles. The largest absolute Gasteiger partial charge is 0.459 e. The average Bonchev–Trinajstić information content (AvgIpc) is 3.36. The van der Waals surface area contributed by atoms with Crippen molar-refractivity contribution in [2.75, 3.05) is 6.54 Å². The van der Waals surface area contributed by atoms with Gasteiger partial charge in [-0.15, -0.1) is 0 Å². The Bertz CT molecular complexity index is 875. The molecular formula is C35H61NO4. The van der Waals surface area contributed by atoms with Crippen molar-refractivity contribution >= 4 is 11.9 Å². The van der Waals surface area contributed by atoms with Crippen molar-refractivity contribution in [3.05, 3.63) is 0 Å². The lowest BCUT2D eigenvalue weighted by Gasteiger charge is -2.59. The first-order chi connectivity index (χ1) is 19.1. The number of fused-ring (bicyclic) bond motifs is 5. The fourth-order valence-electron chi connectivity index (χ4n) is 10.3. The van der Waals surface area contributed by atoms with E-state index in [2.05, 4.69) is 33.0 Å². The maximum atomic E-state index is 12.8. The van der Waals surface area contributed by atoms with E-state index < -0.39 is 5.72 Å². The summed E-state index contributed by atoms with van der Waals surface area (Å²) < 4.78 is 12.5. The van der Waals surface area contributed by atoms with Crippen molar-refractivity contribution in [1.29, 1.82) is 0 Å². The molecule has 0 spiro atoms. The summed E-state index contributed by atoms with van der Waals surface area (Å²) in [5, 5.41) is 3.90. The number of ether oxygens (including phenoxy) is 2. The SMILES string of the molecule is CCCCCCCCCCN[C@]1(OC(=O)CC)CC[C@H]2[C@@H]3CC[C@H]4C[C@@](C)(OC(=O)CC)C[C@]4(C)[C@H]3CC[C@@]21C. The number of hydrogen-bond acceptors (Lipinski definition) is 5. The van der Waals surface area contributed by atoms with Gasteiger partial charge in [0, 0.05) is 24.7 Å². The predicted octanol–water partition coefficient (Wildman–Crippen LogP) is 8.73. The number of rotatable bonds is 14. The van der Waals surface area contributed by atoms with Crippen LogP contribution < -0.4 is 5.32 Å². The second-order valence-electron chi connectivity index (χ2n) is 14.9. The van der Waals surface area contributed by atoms with Gasteiger partial charge in [-0.05, 0) is 93.9 Å². The third-order valence-corrected chi connectivity index (χ3v) is 12.3. The van der Waals surface area contributed by atoms with Crippen molar-refractivity contribution in [2.45, 2.75) is 168 Å². The number of nitrogens with one attached hydrogen (secondary N) is 1. The third kappa shape index (κ3) is 6.16. The second-order valence-corrected chi connectivity index (χ2v) is 14.9. The zero-order valence-corrected chi connectivity index (χ0v) is 26.9. The number of esters is 2. The number of unbranched alkanes of at least 4 members (excludes halogenated alkanes) is 7. The van der Waals surface area contributed by atoms with E-state index in [1.165, 1.54) is 64.2 Å². The minimum absolute atomic E-state index is 0.0288. The molecule has 40 heavy (non-hydrogen) atoms. The minimum Gasteiger partial charge on any atom is -0.459 e. The van der Waals surface area contributed by atoms with E-state index in [0.717, 1.165) is 45.1 Å². The molecule has 1 N–H and O–H groups in total. The molecule has 8 atom stereocenters. The molecule has 5 nitrogen and oxygen atoms in total. The molecule has 4 saturated carbocycles. The van der Waals surface area contributed by atoms with Crippen LogP contribution in [0.3, 0.4) is 0 Å². The van der Waals surface area contributed by atoms with E-state index in [4.69, 9.17) is 9.47 Å². The van der Waals surface area contributed by atoms with Crippen molar-refractivity contribution in [2.24, 2.45) is 34.5 Å². The molecule has 230 valence electrons. The van der Waals surface area contributed by atoms with Gasteiger partial charge < -0.3 is 9.47 Å². The maximum absolute atomic E-state index is 12.8. The smallest absolute Gasteiger partial charge is 0.307 e. The Morgan fingerprint density at radius 2 is 1.38 bits per heavy atom. The van der Waals surface area contributed by atoms with Crippen LogP contribution in [-0.4, -0.2) is 29.8 Å². The van der Waals surface area contributed by atoms with Crippen LogP contribution in [0.15, 0.2) is 0 Å². The van der Waals surface area contributed by atoms with E-state index in [1.54, 1.807) is 0 Å². The maximum Gasteiger partial charge on any atom is 0.307 e. The highest BCUT2D eigenvalue weighted by Gasteiger charge is 2.68. The molecule has 0 amide bonds. The van der Waals surface area contributed by atoms with E-state index >= 15 is 0 Å². The van der Waals surface area contributed by atoms with Crippen LogP contribution in [0.5, 0.6) is 0 Å². The molecule has 0 unspecified atom stereocenters. The monoisotopic (exact) mass is 559 g/mol. The highest BCUT2D eigenvalue weighted by atomic mass is 16.6. The van der Waals surface area contributed by atoms with Crippen molar-refractivity contribution < 1.29 is 19.1 Å². The summed E-state index contributed by atoms with van der Waals surface area (Å²) in [5.74, 6) is 2.42. The lowest BCUT2D eigenvalue weighted by Crippen LogP contribution is -2.62. The van der Waals surface area contributed by atoms with Crippen LogP contribution in [0.2, 0.25) is 0 Å². The van der Waals surface area contributed by atoms with Crippen molar-refractivity contribution in [3.8, 4) is 0 Å². The van der Waals surface area contributed by atoms with Gasteiger partial charge >= 0.3 is 11.9 Å². The summed E-state index contributed by atoms with van der Waals surface area (Å²) in [5.41, 5.74) is -0.660. The zero-order chi connectivity index (χ0) is 29.0. The Hall–Kier alpha value is -1.10. The number of carbonyl (C=O) groups is 2. The van der Waals surface area contributed by atoms with Crippen molar-refractivity contribution in [3.63, 3.8) is 0 Å². The van der Waals surface area contributed by atoms with E-state index in [-0.39, 0.29) is 28.4 Å². The van der Waals surface area contributed by atoms with Gasteiger partial charge in [-0.3, -0.25) is 14.9 Å². The molecule has 4 fully saturated rings. The van der Waals surface area contributed by atoms with Crippen LogP contribution >= 0.6 is 0 Å². The number of hydrogen-bond donors (Lipinski definition) is 1. The summed E-state index contributed by atoms with van der Waals surface area (Å²) >= 11 is 0. The molecule has 4 aliphatic rings. The lowest BCUT2D eigenvalue weighted by molar-refractivity contribution is -0.196. The molecule has 0 saturated heterocycles. The van der Waals surface area contributed by atoms with Crippen LogP contribution in [0.1, 0.15) is 157 Å². The summed E-state index contributed by atoms with van der Waals surface area (Å²) in [7, 11) is 0. The van der Waals surface area contributed by atoms with Gasteiger partial charge in [0.25, 0.3) is 0 Å². The summed E-state index contributed by atoms with van der Waals surface area (Å²) in [4.78, 5) is 25.1. The van der Waals surface area contributed by atoms with Crippen molar-refractivity contribution in [1.82, 2.24) is 5.32 Å². The molecule has 5 heteroatoms. The first-order valence-corrected chi connectivity index (χ1v) is 17.2. The summed E-state index contributed by atoms with van der Waals surface area (Å²) in [6.45, 7) is 14.2. The Kier molecular flexibility index (Phi) is 10.4. The Morgan fingerprint density at radius 3 is 2.05 bits per heavy atom. The number of carbonyl (C=O) groups excluding carboxylic acids is 2. The Labute approximate surface area is 245 Å². The first kappa shape index (κ1) is 31.8. The van der Waals surface area contributed by atoms with Gasteiger partial charge in [0.1, 0.15) is 5.60 Å². The lowest BCUT2D eigenvalue weighted by atomic mass is 9.47. The predicted molar refractivity (Wildman–Crippen MR) is 162 cm³/mol. The highest BCUT2D eigenvalue weighted by Crippen LogP contribution is 2.70. The minimum atomic E-state index is -0.532. The molecule has 4 aliphatic carbocycles. The molecular weight excluding hydrogens is 498 g/mol. The Morgan fingerprint density at radius 1 is 0.750 bits per heavy atom. The molecule has 0 aromatic carbocycles. The summed E-state index contributed by atoms with van der Waals surface area (Å²) in [6, 6.07) is 0. The fourth-order valence-corrected chi connectivity index (χ4v) is 10.3. The van der Waals surface area contributed by atoms with Crippen LogP contribution in [0, 0.1) is 34.5 Å². The average molecular weight is 560 g/mol. The summed E-state index contributed by atoms with van der Waals surface area (Å²) in [6.07, 6.45) is 20.2. The van der Waals surface area contributed by atoms with Gasteiger partial charge in [0.2, 0.25) is 0 Å². The first-order valence-electron chi connectivity index (χ1n) is 17.2. The van der Waals surface area contributed by atoms with Crippen LogP contribution in [0.25, 0.3) is 0 Å². The molecule has 0 aromatic heterocycles. The zero-order valence-electron chi connectivity index (χ0n) is 26.9. The molecule has 0 radical (unpaired) electrons. The van der Waals surface area contributed by atoms with Gasteiger partial charge in [-0.2, -0.15) is 0 Å². The van der Waals surface area contributed by atoms with Gasteiger partial charge in [-0.25, -0.2) is 0 Å². The quantitative estimate of drug-likeness (QED) is 0.131. The van der Waals surface area contributed by atoms with Crippen LogP contribution in [0.4, 0.5) is 0 Å². The van der Waals surface area contributed by atoms with Gasteiger partial charge in [0.15, 0.2) is 5.72 Å². The molecule has 0 bridgehead atoms. The van der Waals surface area contributed by atoms with Crippen LogP contribution in [-0.2, 0) is 19.1 Å². The third-order valence-electron chi connectivity index (χ3n) is 12.3. The van der Waals surface area contributed by atoms with Gasteiger partial charge in [0.05, 0.1) is 0 Å². The molecule has 4 rings (SSSR count). The Balaban J connectivity index is 1.43. The standard InChI is InChI=1S/C35H61NO4/c1-7-10-11-12-13-14-15-16-23-36-35(40-31(38)9-3)22-20-29-27-18-17-26-24-32(4,39-30(37)8-2)25-33(26,5)28(27)19-21-34(29,35)6/h26-29,36H,7-25H2,1-6H3/t26-,27+,28-,29-,32+,33-,34-,35-/m0/s1. The van der Waals surface area contributed by atoms with E-state index in [0.29, 0.717) is 36.5 Å². The molecule has 0 aromatic rings. The second kappa shape index (κ2) is 13.0. The highest BCUT2D eigenvalue weighted by molar-refractivity contribution is 5.70. The van der Waals surface area contributed by atoms with E-state index in [9.17, 15) is 9.59 Å². The van der Waals surface area contributed by atoms with Gasteiger partial charge in [-0.1, -0.05) is 79.6 Å². The van der Waals surface area contributed by atoms with E-state index in [1.807, 2.05) is 13.8 Å². The fraction of sp³-hybridized carbons (Fsp3) is 0.943.